The number of esters is 3. The second kappa shape index (κ2) is 40.1. The van der Waals surface area contributed by atoms with Crippen molar-refractivity contribution in [3.8, 4) is 0 Å². The highest BCUT2D eigenvalue weighted by Gasteiger charge is 2.19. The largest absolute Gasteiger partial charge is 0.462 e. The van der Waals surface area contributed by atoms with Crippen LogP contribution in [0.2, 0.25) is 0 Å². The Kier molecular flexibility index (Phi) is 38.1. The number of unbranched alkanes of at least 4 members (excludes halogenated alkanes) is 18. The molecule has 0 heterocycles. The van der Waals surface area contributed by atoms with Gasteiger partial charge in [0.1, 0.15) is 13.2 Å². The van der Waals surface area contributed by atoms with Crippen LogP contribution < -0.4 is 0 Å². The molecule has 1 atom stereocenters. The lowest BCUT2D eigenvalue weighted by atomic mass is 10.0. The highest BCUT2D eigenvalue weighted by Crippen LogP contribution is 2.14. The Morgan fingerprint density at radius 3 is 1.29 bits per heavy atom. The van der Waals surface area contributed by atoms with Crippen molar-refractivity contribution in [2.45, 2.75) is 207 Å². The number of rotatable bonds is 37. The van der Waals surface area contributed by atoms with Crippen molar-refractivity contribution in [1.82, 2.24) is 0 Å². The molecule has 0 aromatic heterocycles. The summed E-state index contributed by atoms with van der Waals surface area (Å²) in [6.07, 6.45) is 45.4. The van der Waals surface area contributed by atoms with Gasteiger partial charge in [-0.05, 0) is 64.2 Å². The third-order valence-corrected chi connectivity index (χ3v) is 8.82. The van der Waals surface area contributed by atoms with Crippen molar-refractivity contribution >= 4 is 17.9 Å². The standard InChI is InChI=1S/C45H78O6/c1-4-7-10-13-16-19-21-22-24-26-29-32-35-38-44(47)50-41-42(40-49-43(46)37-34-31-28-25-18-15-12-9-6-3)51-45(48)39-36-33-30-27-23-20-17-14-11-8-5-2/h8,11,17,20,25,27-28,30,42H,4-7,9-10,12-16,18-19,21-24,26,29,31-41H2,1-3H3/b11-8-,20-17-,28-25-,30-27-. The first-order valence-electron chi connectivity index (χ1n) is 21.1. The van der Waals surface area contributed by atoms with E-state index in [1.807, 2.05) is 0 Å². The van der Waals surface area contributed by atoms with Gasteiger partial charge in [-0.2, -0.15) is 0 Å². The molecule has 0 fully saturated rings. The summed E-state index contributed by atoms with van der Waals surface area (Å²) in [6.45, 7) is 6.39. The summed E-state index contributed by atoms with van der Waals surface area (Å²) in [5.74, 6) is -0.998. The molecule has 51 heavy (non-hydrogen) atoms. The fourth-order valence-electron chi connectivity index (χ4n) is 5.64. The van der Waals surface area contributed by atoms with Gasteiger partial charge in [-0.1, -0.05) is 166 Å². The third-order valence-electron chi connectivity index (χ3n) is 8.82. The number of hydrogen-bond donors (Lipinski definition) is 0. The van der Waals surface area contributed by atoms with Crippen molar-refractivity contribution in [3.05, 3.63) is 48.6 Å². The molecule has 6 heteroatoms. The molecule has 0 bridgehead atoms. The van der Waals surface area contributed by atoms with Gasteiger partial charge in [-0.15, -0.1) is 0 Å². The highest BCUT2D eigenvalue weighted by molar-refractivity contribution is 5.71. The van der Waals surface area contributed by atoms with Crippen LogP contribution in [0.4, 0.5) is 0 Å². The summed E-state index contributed by atoms with van der Waals surface area (Å²) in [5, 5.41) is 0. The predicted octanol–water partition coefficient (Wildman–Crippen LogP) is 13.2. The van der Waals surface area contributed by atoms with Crippen molar-refractivity contribution < 1.29 is 28.6 Å². The molecule has 0 spiro atoms. The maximum absolute atomic E-state index is 12.6. The molecule has 0 amide bonds. The van der Waals surface area contributed by atoms with Crippen LogP contribution in [0.1, 0.15) is 201 Å². The summed E-state index contributed by atoms with van der Waals surface area (Å²) in [7, 11) is 0. The van der Waals surface area contributed by atoms with Crippen LogP contribution in [-0.4, -0.2) is 37.2 Å². The van der Waals surface area contributed by atoms with Crippen molar-refractivity contribution in [1.29, 1.82) is 0 Å². The van der Waals surface area contributed by atoms with E-state index in [9.17, 15) is 14.4 Å². The lowest BCUT2D eigenvalue weighted by Gasteiger charge is -2.18. The van der Waals surface area contributed by atoms with Crippen LogP contribution in [0.5, 0.6) is 0 Å². The first-order chi connectivity index (χ1) is 25.0. The molecule has 0 saturated carbocycles. The summed E-state index contributed by atoms with van der Waals surface area (Å²) in [4.78, 5) is 37.5. The molecule has 1 unspecified atom stereocenters. The molecule has 6 nitrogen and oxygen atoms in total. The molecule has 0 N–H and O–H groups in total. The Balaban J connectivity index is 4.44. The third kappa shape index (κ3) is 38.4. The van der Waals surface area contributed by atoms with E-state index in [0.29, 0.717) is 25.7 Å². The molecule has 294 valence electrons. The molecule has 0 saturated heterocycles. The van der Waals surface area contributed by atoms with Gasteiger partial charge in [0, 0.05) is 19.3 Å². The van der Waals surface area contributed by atoms with Crippen LogP contribution in [0.25, 0.3) is 0 Å². The number of ether oxygens (including phenoxy) is 3. The monoisotopic (exact) mass is 715 g/mol. The first-order valence-corrected chi connectivity index (χ1v) is 21.1. The zero-order valence-corrected chi connectivity index (χ0v) is 33.4. The molecule has 0 aromatic carbocycles. The van der Waals surface area contributed by atoms with Crippen LogP contribution >= 0.6 is 0 Å². The first kappa shape index (κ1) is 48.4. The average molecular weight is 715 g/mol. The fraction of sp³-hybridized carbons (Fsp3) is 0.756. The Hall–Kier alpha value is -2.63. The second-order valence-corrected chi connectivity index (χ2v) is 13.9. The molecule has 0 aliphatic heterocycles. The Morgan fingerprint density at radius 1 is 0.412 bits per heavy atom. The van der Waals surface area contributed by atoms with Gasteiger partial charge in [-0.3, -0.25) is 14.4 Å². The van der Waals surface area contributed by atoms with Gasteiger partial charge in [0.25, 0.3) is 0 Å². The van der Waals surface area contributed by atoms with Gasteiger partial charge >= 0.3 is 17.9 Å². The topological polar surface area (TPSA) is 78.9 Å². The molecule has 0 rings (SSSR count). The van der Waals surface area contributed by atoms with E-state index >= 15 is 0 Å². The van der Waals surface area contributed by atoms with Crippen molar-refractivity contribution in [2.24, 2.45) is 0 Å². The van der Waals surface area contributed by atoms with Crippen LogP contribution in [-0.2, 0) is 28.6 Å². The van der Waals surface area contributed by atoms with Crippen molar-refractivity contribution in [3.63, 3.8) is 0 Å². The quantitative estimate of drug-likeness (QED) is 0.0276. The summed E-state index contributed by atoms with van der Waals surface area (Å²) in [5.41, 5.74) is 0. The number of hydrogen-bond acceptors (Lipinski definition) is 6. The second-order valence-electron chi connectivity index (χ2n) is 13.9. The lowest BCUT2D eigenvalue weighted by molar-refractivity contribution is -0.167. The normalized spacial score (nSPS) is 12.5. The number of allylic oxidation sites excluding steroid dienone is 8. The maximum atomic E-state index is 12.6. The summed E-state index contributed by atoms with van der Waals surface area (Å²) < 4.78 is 16.5. The minimum absolute atomic E-state index is 0.100. The van der Waals surface area contributed by atoms with Gasteiger partial charge < -0.3 is 14.2 Å². The van der Waals surface area contributed by atoms with Crippen LogP contribution in [0.15, 0.2) is 48.6 Å². The predicted molar refractivity (Wildman–Crippen MR) is 215 cm³/mol. The Labute approximate surface area is 314 Å². The summed E-state index contributed by atoms with van der Waals surface area (Å²) >= 11 is 0. The van der Waals surface area contributed by atoms with Gasteiger partial charge in [0.15, 0.2) is 6.10 Å². The van der Waals surface area contributed by atoms with E-state index in [-0.39, 0.29) is 37.5 Å². The molecule has 0 radical (unpaired) electrons. The van der Waals surface area contributed by atoms with E-state index < -0.39 is 6.10 Å². The van der Waals surface area contributed by atoms with E-state index in [1.54, 1.807) is 0 Å². The van der Waals surface area contributed by atoms with E-state index in [1.165, 1.54) is 89.9 Å². The Morgan fingerprint density at radius 2 is 0.784 bits per heavy atom. The molecular weight excluding hydrogens is 636 g/mol. The van der Waals surface area contributed by atoms with E-state index in [0.717, 1.165) is 57.8 Å². The lowest BCUT2D eigenvalue weighted by Crippen LogP contribution is -2.30. The smallest absolute Gasteiger partial charge is 0.306 e. The molecular formula is C45H78O6. The van der Waals surface area contributed by atoms with E-state index in [2.05, 4.69) is 69.4 Å². The van der Waals surface area contributed by atoms with Gasteiger partial charge in [-0.25, -0.2) is 0 Å². The molecule has 0 aliphatic carbocycles. The van der Waals surface area contributed by atoms with Crippen LogP contribution in [0, 0.1) is 0 Å². The molecule has 0 aliphatic rings. The minimum atomic E-state index is -0.803. The number of carbonyl (C=O) groups is 3. The van der Waals surface area contributed by atoms with Crippen molar-refractivity contribution in [2.75, 3.05) is 13.2 Å². The maximum Gasteiger partial charge on any atom is 0.306 e. The minimum Gasteiger partial charge on any atom is -0.462 e. The van der Waals surface area contributed by atoms with Gasteiger partial charge in [0.2, 0.25) is 0 Å². The molecule has 0 aromatic rings. The van der Waals surface area contributed by atoms with Crippen LogP contribution in [0.3, 0.4) is 0 Å². The number of carbonyl (C=O) groups excluding carboxylic acids is 3. The summed E-state index contributed by atoms with van der Waals surface area (Å²) in [6, 6.07) is 0. The fourth-order valence-corrected chi connectivity index (χ4v) is 5.64. The Bertz CT molecular complexity index is 918. The highest BCUT2D eigenvalue weighted by atomic mass is 16.6. The van der Waals surface area contributed by atoms with Gasteiger partial charge in [0.05, 0.1) is 0 Å². The zero-order chi connectivity index (χ0) is 37.3. The zero-order valence-electron chi connectivity index (χ0n) is 33.4. The average Bonchev–Trinajstić information content (AvgIpc) is 3.12. The van der Waals surface area contributed by atoms with E-state index in [4.69, 9.17) is 14.2 Å². The SMILES string of the molecule is CC/C=C\C/C=C\C/C=C\CCCC(=O)OC(COC(=O)CCC/C=C\CCCCCC)COC(=O)CCCCCCCCCCCCCCC.